The van der Waals surface area contributed by atoms with Crippen molar-refractivity contribution >= 4 is 11.8 Å². The molecule has 7 heteroatoms. The van der Waals surface area contributed by atoms with Gasteiger partial charge in [-0.15, -0.1) is 0 Å². The molecule has 31 heavy (non-hydrogen) atoms. The number of likely N-dealkylation sites (tertiary alicyclic amines) is 1. The van der Waals surface area contributed by atoms with Crippen molar-refractivity contribution in [3.05, 3.63) is 69.1 Å². The number of nitrogens with one attached hydrogen (secondary N) is 1. The Kier molecular flexibility index (Phi) is 5.14. The molecule has 0 saturated carbocycles. The van der Waals surface area contributed by atoms with E-state index in [1.807, 2.05) is 10.6 Å². The topological polar surface area (TPSA) is 74.7 Å². The van der Waals surface area contributed by atoms with Crippen LogP contribution in [0.4, 0.5) is 0 Å². The molecule has 5 rings (SSSR count). The van der Waals surface area contributed by atoms with Gasteiger partial charge in [-0.2, -0.15) is 0 Å². The Morgan fingerprint density at radius 3 is 2.74 bits per heavy atom. The van der Waals surface area contributed by atoms with Crippen LogP contribution in [0.3, 0.4) is 0 Å². The van der Waals surface area contributed by atoms with Crippen LogP contribution in [0.15, 0.2) is 41.2 Å². The minimum Gasteiger partial charge on any atom is -0.353 e. The third-order valence-electron chi connectivity index (χ3n) is 6.89. The summed E-state index contributed by atoms with van der Waals surface area (Å²) in [5.41, 5.74) is 3.66. The highest BCUT2D eigenvalue weighted by Crippen LogP contribution is 2.36. The lowest BCUT2D eigenvalue weighted by Gasteiger charge is -2.43. The Labute approximate surface area is 181 Å². The number of piperidine rings is 1. The molecule has 2 amide bonds. The van der Waals surface area contributed by atoms with Gasteiger partial charge in [0, 0.05) is 50.9 Å². The van der Waals surface area contributed by atoms with Gasteiger partial charge in [0.2, 0.25) is 5.91 Å². The monoisotopic (exact) mass is 420 g/mol. The van der Waals surface area contributed by atoms with E-state index in [9.17, 15) is 14.4 Å². The summed E-state index contributed by atoms with van der Waals surface area (Å²) in [4.78, 5) is 41.8. The predicted molar refractivity (Wildman–Crippen MR) is 117 cm³/mol. The van der Waals surface area contributed by atoms with E-state index < -0.39 is 0 Å². The molecular formula is C24H28N4O3. The molecule has 2 bridgehead atoms. The number of amides is 2. The number of aromatic nitrogens is 1. The fraction of sp³-hybridized carbons (Fsp3) is 0.458. The van der Waals surface area contributed by atoms with E-state index in [4.69, 9.17) is 0 Å². The van der Waals surface area contributed by atoms with Gasteiger partial charge in [0.15, 0.2) is 0 Å². The summed E-state index contributed by atoms with van der Waals surface area (Å²) in [6.45, 7) is 6.49. The second-order valence-corrected chi connectivity index (χ2v) is 9.08. The number of carbonyl (C=O) groups is 2. The molecule has 0 radical (unpaired) electrons. The summed E-state index contributed by atoms with van der Waals surface area (Å²) in [5, 5.41) is 2.71. The molecule has 4 heterocycles. The average molecular weight is 421 g/mol. The first-order valence-corrected chi connectivity index (χ1v) is 11.1. The SMILES string of the molecule is Cc1ccccc1CN1C[C@@H]2C[C@H](C1)c1ccc(C(=O)N3CCNC(=O)C3)c(=O)n1C2. The third-order valence-corrected chi connectivity index (χ3v) is 6.89. The van der Waals surface area contributed by atoms with Crippen molar-refractivity contribution in [3.63, 3.8) is 0 Å². The maximum Gasteiger partial charge on any atom is 0.263 e. The van der Waals surface area contributed by atoms with Crippen LogP contribution in [0.25, 0.3) is 0 Å². The lowest BCUT2D eigenvalue weighted by molar-refractivity contribution is -0.123. The second-order valence-electron chi connectivity index (χ2n) is 9.08. The van der Waals surface area contributed by atoms with Gasteiger partial charge < -0.3 is 14.8 Å². The van der Waals surface area contributed by atoms with Gasteiger partial charge in [-0.3, -0.25) is 19.3 Å². The molecule has 0 unspecified atom stereocenters. The zero-order valence-corrected chi connectivity index (χ0v) is 17.8. The van der Waals surface area contributed by atoms with Crippen molar-refractivity contribution in [1.82, 2.24) is 19.7 Å². The maximum absolute atomic E-state index is 13.2. The van der Waals surface area contributed by atoms with E-state index in [1.54, 1.807) is 6.07 Å². The van der Waals surface area contributed by atoms with Gasteiger partial charge in [0.25, 0.3) is 11.5 Å². The number of benzene rings is 1. The number of hydrogen-bond acceptors (Lipinski definition) is 4. The lowest BCUT2D eigenvalue weighted by atomic mass is 9.82. The largest absolute Gasteiger partial charge is 0.353 e. The number of carbonyl (C=O) groups excluding carboxylic acids is 2. The summed E-state index contributed by atoms with van der Waals surface area (Å²) in [6, 6.07) is 12.1. The maximum atomic E-state index is 13.2. The zero-order valence-electron chi connectivity index (χ0n) is 17.8. The first-order chi connectivity index (χ1) is 15.0. The van der Waals surface area contributed by atoms with E-state index in [-0.39, 0.29) is 29.5 Å². The Bertz CT molecular complexity index is 1090. The summed E-state index contributed by atoms with van der Waals surface area (Å²) in [5.74, 6) is 0.182. The first-order valence-electron chi connectivity index (χ1n) is 11.1. The van der Waals surface area contributed by atoms with Crippen molar-refractivity contribution in [2.24, 2.45) is 5.92 Å². The highest BCUT2D eigenvalue weighted by atomic mass is 16.2. The van der Waals surface area contributed by atoms with Crippen LogP contribution < -0.4 is 10.9 Å². The van der Waals surface area contributed by atoms with Crippen LogP contribution in [-0.4, -0.2) is 58.9 Å². The van der Waals surface area contributed by atoms with E-state index in [0.29, 0.717) is 31.5 Å². The van der Waals surface area contributed by atoms with Crippen LogP contribution in [0, 0.1) is 12.8 Å². The quantitative estimate of drug-likeness (QED) is 0.814. The van der Waals surface area contributed by atoms with Crippen LogP contribution in [0.2, 0.25) is 0 Å². The summed E-state index contributed by atoms with van der Waals surface area (Å²) in [6.07, 6.45) is 1.09. The van der Waals surface area contributed by atoms with E-state index in [1.165, 1.54) is 16.0 Å². The van der Waals surface area contributed by atoms with Crippen LogP contribution in [0.1, 0.15) is 39.5 Å². The van der Waals surface area contributed by atoms with E-state index >= 15 is 0 Å². The molecule has 1 aromatic heterocycles. The van der Waals surface area contributed by atoms with Gasteiger partial charge in [-0.1, -0.05) is 24.3 Å². The van der Waals surface area contributed by atoms with Crippen molar-refractivity contribution in [1.29, 1.82) is 0 Å². The normalized spacial score (nSPS) is 23.3. The molecule has 7 nitrogen and oxygen atoms in total. The molecule has 0 aliphatic carbocycles. The van der Waals surface area contributed by atoms with E-state index in [0.717, 1.165) is 31.7 Å². The van der Waals surface area contributed by atoms with E-state index in [2.05, 4.69) is 41.4 Å². The lowest BCUT2D eigenvalue weighted by Crippen LogP contribution is -2.52. The van der Waals surface area contributed by atoms with Crippen molar-refractivity contribution in [2.75, 3.05) is 32.7 Å². The Morgan fingerprint density at radius 2 is 1.94 bits per heavy atom. The Morgan fingerprint density at radius 1 is 1.10 bits per heavy atom. The molecule has 2 saturated heterocycles. The fourth-order valence-corrected chi connectivity index (χ4v) is 5.35. The zero-order chi connectivity index (χ0) is 21.5. The highest BCUT2D eigenvalue weighted by Gasteiger charge is 2.36. The molecule has 2 atom stereocenters. The molecule has 162 valence electrons. The third kappa shape index (κ3) is 3.78. The standard InChI is InChI=1S/C24H28N4O3/c1-16-4-2-3-5-18(16)13-26-11-17-10-19(14-26)21-7-6-20(24(31)28(21)12-17)23(30)27-9-8-25-22(29)15-27/h2-7,17,19H,8-15H2,1H3,(H,25,29)/t17-,19+/m0/s1. The molecule has 2 fully saturated rings. The number of rotatable bonds is 3. The number of piperazine rings is 1. The van der Waals surface area contributed by atoms with Crippen LogP contribution in [-0.2, 0) is 17.9 Å². The average Bonchev–Trinajstić information content (AvgIpc) is 2.76. The van der Waals surface area contributed by atoms with Gasteiger partial charge in [-0.05, 0) is 42.5 Å². The Balaban J connectivity index is 1.38. The molecule has 3 aliphatic heterocycles. The molecular weight excluding hydrogens is 392 g/mol. The molecule has 1 N–H and O–H groups in total. The fourth-order valence-electron chi connectivity index (χ4n) is 5.35. The predicted octanol–water partition coefficient (Wildman–Crippen LogP) is 1.35. The van der Waals surface area contributed by atoms with Gasteiger partial charge >= 0.3 is 0 Å². The highest BCUT2D eigenvalue weighted by molar-refractivity contribution is 5.96. The smallest absolute Gasteiger partial charge is 0.263 e. The van der Waals surface area contributed by atoms with Crippen molar-refractivity contribution in [3.8, 4) is 0 Å². The minimum atomic E-state index is -0.341. The van der Waals surface area contributed by atoms with Crippen molar-refractivity contribution < 1.29 is 9.59 Å². The van der Waals surface area contributed by atoms with Gasteiger partial charge in [-0.25, -0.2) is 0 Å². The minimum absolute atomic E-state index is 0.0130. The van der Waals surface area contributed by atoms with Crippen molar-refractivity contribution in [2.45, 2.75) is 32.4 Å². The molecule has 2 aromatic rings. The van der Waals surface area contributed by atoms with Gasteiger partial charge in [0.05, 0.1) is 6.54 Å². The van der Waals surface area contributed by atoms with Crippen LogP contribution >= 0.6 is 0 Å². The second kappa shape index (κ2) is 7.96. The number of pyridine rings is 1. The summed E-state index contributed by atoms with van der Waals surface area (Å²) < 4.78 is 1.82. The number of nitrogens with zero attached hydrogens (tertiary/aromatic N) is 3. The summed E-state index contributed by atoms with van der Waals surface area (Å²) >= 11 is 0. The molecule has 3 aliphatic rings. The number of aryl methyl sites for hydroxylation is 1. The van der Waals surface area contributed by atoms with Crippen LogP contribution in [0.5, 0.6) is 0 Å². The number of hydrogen-bond donors (Lipinski definition) is 1. The Hall–Kier alpha value is -2.93. The first kappa shape index (κ1) is 20.0. The molecule has 0 spiro atoms. The number of fused-ring (bicyclic) bond motifs is 4. The molecule has 1 aromatic carbocycles. The van der Waals surface area contributed by atoms with Gasteiger partial charge in [0.1, 0.15) is 5.56 Å². The summed E-state index contributed by atoms with van der Waals surface area (Å²) in [7, 11) is 0.